The van der Waals surface area contributed by atoms with Crippen molar-refractivity contribution in [2.24, 2.45) is 7.05 Å². The fraction of sp³-hybridized carbons (Fsp3) is 0.136. The van der Waals surface area contributed by atoms with Crippen LogP contribution in [0.2, 0.25) is 0 Å². The Hall–Kier alpha value is -3.65. The van der Waals surface area contributed by atoms with Crippen LogP contribution in [0.3, 0.4) is 0 Å². The molecular formula is C22H20N4O3S. The number of benzene rings is 2. The Bertz CT molecular complexity index is 1230. The Kier molecular flexibility index (Phi) is 5.49. The highest BCUT2D eigenvalue weighted by atomic mass is 32.1. The van der Waals surface area contributed by atoms with Gasteiger partial charge >= 0.3 is 0 Å². The van der Waals surface area contributed by atoms with Crippen LogP contribution in [0.15, 0.2) is 60.1 Å². The Labute approximate surface area is 177 Å². The van der Waals surface area contributed by atoms with Gasteiger partial charge in [0.25, 0.3) is 11.8 Å². The van der Waals surface area contributed by atoms with Gasteiger partial charge in [0, 0.05) is 35.1 Å². The predicted octanol–water partition coefficient (Wildman–Crippen LogP) is 3.60. The molecule has 4 aromatic rings. The Balaban J connectivity index is 1.39. The second-order valence-corrected chi connectivity index (χ2v) is 7.82. The maximum Gasteiger partial charge on any atom is 0.271 e. The Morgan fingerprint density at radius 2 is 1.90 bits per heavy atom. The molecule has 2 N–H and O–H groups in total. The van der Waals surface area contributed by atoms with Gasteiger partial charge in [-0.3, -0.25) is 20.4 Å². The monoisotopic (exact) mass is 420 g/mol. The van der Waals surface area contributed by atoms with Gasteiger partial charge in [0.2, 0.25) is 0 Å². The minimum absolute atomic E-state index is 0.327. The van der Waals surface area contributed by atoms with Crippen molar-refractivity contribution in [3.63, 3.8) is 0 Å². The van der Waals surface area contributed by atoms with Crippen LogP contribution in [0.25, 0.3) is 10.9 Å². The molecule has 4 rings (SSSR count). The number of nitrogens with one attached hydrogen (secondary N) is 2. The summed E-state index contributed by atoms with van der Waals surface area (Å²) in [6.07, 6.45) is 1.74. The lowest BCUT2D eigenvalue weighted by Crippen LogP contribution is -2.41. The summed E-state index contributed by atoms with van der Waals surface area (Å²) in [7, 11) is 1.87. The fourth-order valence-electron chi connectivity index (χ4n) is 3.13. The number of ether oxygens (including phenoxy) is 1. The van der Waals surface area contributed by atoms with Crippen molar-refractivity contribution in [3.05, 3.63) is 81.9 Å². The van der Waals surface area contributed by atoms with Gasteiger partial charge in [-0.15, -0.1) is 11.3 Å². The van der Waals surface area contributed by atoms with E-state index in [0.717, 1.165) is 21.6 Å². The Morgan fingerprint density at radius 3 is 2.70 bits per heavy atom. The molecule has 2 aromatic heterocycles. The fourth-order valence-corrected chi connectivity index (χ4v) is 3.73. The first-order valence-electron chi connectivity index (χ1n) is 9.30. The van der Waals surface area contributed by atoms with Crippen LogP contribution in [0, 0.1) is 6.92 Å². The van der Waals surface area contributed by atoms with Crippen molar-refractivity contribution < 1.29 is 14.3 Å². The maximum absolute atomic E-state index is 12.6. The molecule has 0 aliphatic carbocycles. The van der Waals surface area contributed by atoms with Gasteiger partial charge in [0.1, 0.15) is 12.4 Å². The van der Waals surface area contributed by atoms with Crippen LogP contribution in [-0.2, 0) is 13.7 Å². The van der Waals surface area contributed by atoms with Gasteiger partial charge in [-0.2, -0.15) is 0 Å². The Morgan fingerprint density at radius 1 is 1.10 bits per heavy atom. The quantitative estimate of drug-likeness (QED) is 0.483. The van der Waals surface area contributed by atoms with Gasteiger partial charge in [0.05, 0.1) is 16.3 Å². The SMILES string of the molecule is Cc1nc(COc2cccc(C(=O)NNC(=O)c3cn(C)c4ccccc34)c2)cs1. The molecule has 0 radical (unpaired) electrons. The number of carbonyl (C=O) groups excluding carboxylic acids is 2. The molecule has 2 aromatic carbocycles. The van der Waals surface area contributed by atoms with Crippen LogP contribution in [0.4, 0.5) is 0 Å². The van der Waals surface area contributed by atoms with Crippen LogP contribution in [-0.4, -0.2) is 21.4 Å². The van der Waals surface area contributed by atoms with E-state index in [-0.39, 0.29) is 5.91 Å². The lowest BCUT2D eigenvalue weighted by atomic mass is 10.2. The highest BCUT2D eigenvalue weighted by Gasteiger charge is 2.15. The lowest BCUT2D eigenvalue weighted by molar-refractivity contribution is 0.0847. The van der Waals surface area contributed by atoms with E-state index < -0.39 is 5.91 Å². The number of amides is 2. The van der Waals surface area contributed by atoms with Crippen molar-refractivity contribution in [1.29, 1.82) is 0 Å². The molecule has 0 unspecified atom stereocenters. The number of aryl methyl sites for hydroxylation is 2. The number of fused-ring (bicyclic) bond motifs is 1. The topological polar surface area (TPSA) is 85.2 Å². The molecule has 0 spiro atoms. The molecule has 0 atom stereocenters. The van der Waals surface area contributed by atoms with E-state index in [1.807, 2.05) is 48.2 Å². The van der Waals surface area contributed by atoms with Gasteiger partial charge in [-0.1, -0.05) is 24.3 Å². The van der Waals surface area contributed by atoms with E-state index in [1.165, 1.54) is 0 Å². The van der Waals surface area contributed by atoms with Crippen molar-refractivity contribution in [2.75, 3.05) is 0 Å². The average Bonchev–Trinajstić information content (AvgIpc) is 3.33. The molecule has 0 bridgehead atoms. The molecule has 2 heterocycles. The largest absolute Gasteiger partial charge is 0.487 e. The third-order valence-corrected chi connectivity index (χ3v) is 5.40. The molecule has 0 fully saturated rings. The standard InChI is InChI=1S/C22H20N4O3S/c1-14-23-16(13-30-14)12-29-17-7-5-6-15(10-17)21(27)24-25-22(28)19-11-26(2)20-9-4-3-8-18(19)20/h3-11,13H,12H2,1-2H3,(H,24,27)(H,25,28). The predicted molar refractivity (Wildman–Crippen MR) is 115 cm³/mol. The summed E-state index contributed by atoms with van der Waals surface area (Å²) in [4.78, 5) is 29.4. The van der Waals surface area contributed by atoms with E-state index in [0.29, 0.717) is 23.5 Å². The third kappa shape index (κ3) is 4.18. The molecular weight excluding hydrogens is 400 g/mol. The molecule has 2 amide bonds. The average molecular weight is 420 g/mol. The van der Waals surface area contributed by atoms with Gasteiger partial charge in [-0.25, -0.2) is 4.98 Å². The first-order valence-corrected chi connectivity index (χ1v) is 10.2. The highest BCUT2D eigenvalue weighted by molar-refractivity contribution is 7.09. The van der Waals surface area contributed by atoms with Crippen molar-refractivity contribution in [3.8, 4) is 5.75 Å². The third-order valence-electron chi connectivity index (χ3n) is 4.58. The number of hydrogen-bond donors (Lipinski definition) is 2. The van der Waals surface area contributed by atoms with E-state index in [9.17, 15) is 9.59 Å². The van der Waals surface area contributed by atoms with E-state index >= 15 is 0 Å². The number of aromatic nitrogens is 2. The van der Waals surface area contributed by atoms with Crippen LogP contribution < -0.4 is 15.6 Å². The van der Waals surface area contributed by atoms with Crippen molar-refractivity contribution in [2.45, 2.75) is 13.5 Å². The van der Waals surface area contributed by atoms with Gasteiger partial charge < -0.3 is 9.30 Å². The number of thiazole rings is 1. The number of carbonyl (C=O) groups is 2. The normalized spacial score (nSPS) is 10.7. The van der Waals surface area contributed by atoms with Gasteiger partial charge in [0.15, 0.2) is 0 Å². The number of nitrogens with zero attached hydrogens (tertiary/aromatic N) is 2. The maximum atomic E-state index is 12.6. The summed E-state index contributed by atoms with van der Waals surface area (Å²) in [6.45, 7) is 2.26. The molecule has 0 saturated carbocycles. The smallest absolute Gasteiger partial charge is 0.271 e. The van der Waals surface area contributed by atoms with Crippen LogP contribution >= 0.6 is 11.3 Å². The zero-order valence-electron chi connectivity index (χ0n) is 16.5. The second kappa shape index (κ2) is 8.38. The summed E-state index contributed by atoms with van der Waals surface area (Å²) in [6, 6.07) is 14.4. The van der Waals surface area contributed by atoms with E-state index in [4.69, 9.17) is 4.74 Å². The lowest BCUT2D eigenvalue weighted by Gasteiger charge is -2.09. The summed E-state index contributed by atoms with van der Waals surface area (Å²) < 4.78 is 7.59. The summed E-state index contributed by atoms with van der Waals surface area (Å²) in [5.41, 5.74) is 7.59. The summed E-state index contributed by atoms with van der Waals surface area (Å²) >= 11 is 1.56. The number of para-hydroxylation sites is 1. The van der Waals surface area contributed by atoms with Crippen LogP contribution in [0.5, 0.6) is 5.75 Å². The summed E-state index contributed by atoms with van der Waals surface area (Å²) in [5, 5.41) is 3.73. The molecule has 152 valence electrons. The molecule has 0 aliphatic heterocycles. The first-order chi connectivity index (χ1) is 14.5. The minimum atomic E-state index is -0.432. The zero-order valence-corrected chi connectivity index (χ0v) is 17.3. The first kappa shape index (κ1) is 19.7. The molecule has 30 heavy (non-hydrogen) atoms. The molecule has 7 nitrogen and oxygen atoms in total. The molecule has 0 saturated heterocycles. The van der Waals surface area contributed by atoms with Crippen molar-refractivity contribution >= 4 is 34.1 Å². The second-order valence-electron chi connectivity index (χ2n) is 6.75. The minimum Gasteiger partial charge on any atom is -0.487 e. The highest BCUT2D eigenvalue weighted by Crippen LogP contribution is 2.20. The van der Waals surface area contributed by atoms with Crippen LogP contribution in [0.1, 0.15) is 31.4 Å². The molecule has 8 heteroatoms. The molecule has 0 aliphatic rings. The number of hydrazine groups is 1. The van der Waals surface area contributed by atoms with Crippen molar-refractivity contribution in [1.82, 2.24) is 20.4 Å². The number of hydrogen-bond acceptors (Lipinski definition) is 5. The van der Waals surface area contributed by atoms with Gasteiger partial charge in [-0.05, 0) is 31.2 Å². The zero-order chi connectivity index (χ0) is 21.1. The number of rotatable bonds is 5. The van der Waals surface area contributed by atoms with E-state index in [2.05, 4.69) is 15.8 Å². The van der Waals surface area contributed by atoms with E-state index in [1.54, 1.807) is 41.8 Å². The summed E-state index contributed by atoms with van der Waals surface area (Å²) in [5.74, 6) is -0.265.